The van der Waals surface area contributed by atoms with Crippen LogP contribution in [-0.2, 0) is 0 Å². The largest absolute Gasteiger partial charge is 0.493 e. The van der Waals surface area contributed by atoms with Gasteiger partial charge in [0.25, 0.3) is 0 Å². The predicted molar refractivity (Wildman–Crippen MR) is 50.7 cm³/mol. The van der Waals surface area contributed by atoms with E-state index in [1.54, 1.807) is 0 Å². The maximum atomic E-state index is 13.2. The lowest BCUT2D eigenvalue weighted by Gasteiger charge is -2.06. The summed E-state index contributed by atoms with van der Waals surface area (Å²) in [4.78, 5) is 11.1. The number of hydrogen-bond donors (Lipinski definition) is 0. The molecule has 0 heterocycles. The van der Waals surface area contributed by atoms with Crippen LogP contribution in [0.4, 0.5) is 4.39 Å². The van der Waals surface area contributed by atoms with Crippen molar-refractivity contribution in [1.82, 2.24) is 0 Å². The summed E-state index contributed by atoms with van der Waals surface area (Å²) in [7, 11) is 1.33. The highest BCUT2D eigenvalue weighted by atomic mass is 79.9. The van der Waals surface area contributed by atoms with Gasteiger partial charge in [0.1, 0.15) is 0 Å². The molecule has 1 aromatic rings. The number of Topliss-reactive ketones (excluding diaryl/α,β-unsaturated/α-hetero) is 1. The molecule has 4 heteroatoms. The first-order chi connectivity index (χ1) is 6.06. The van der Waals surface area contributed by atoms with E-state index in [-0.39, 0.29) is 17.1 Å². The lowest BCUT2D eigenvalue weighted by atomic mass is 10.1. The minimum Gasteiger partial charge on any atom is -0.493 e. The summed E-state index contributed by atoms with van der Waals surface area (Å²) in [5.74, 6) is -0.769. The van der Waals surface area contributed by atoms with Gasteiger partial charge < -0.3 is 4.74 Å². The second-order valence-corrected chi connectivity index (χ2v) is 3.44. The molecule has 1 rings (SSSR count). The summed E-state index contributed by atoms with van der Waals surface area (Å²) in [6.45, 7) is 1.36. The molecule has 0 bridgehead atoms. The molecule has 0 amide bonds. The normalized spacial score (nSPS) is 9.85. The third-order valence-electron chi connectivity index (χ3n) is 1.59. The maximum Gasteiger partial charge on any atom is 0.166 e. The zero-order valence-electron chi connectivity index (χ0n) is 7.23. The highest BCUT2D eigenvalue weighted by Crippen LogP contribution is 2.27. The highest BCUT2D eigenvalue weighted by molar-refractivity contribution is 9.10. The average molecular weight is 247 g/mol. The first kappa shape index (κ1) is 10.2. The van der Waals surface area contributed by atoms with Gasteiger partial charge in [-0.3, -0.25) is 4.79 Å². The third kappa shape index (κ3) is 2.06. The van der Waals surface area contributed by atoms with E-state index in [4.69, 9.17) is 4.74 Å². The van der Waals surface area contributed by atoms with Crippen LogP contribution in [0.3, 0.4) is 0 Å². The van der Waals surface area contributed by atoms with Crippen LogP contribution in [-0.4, -0.2) is 12.9 Å². The smallest absolute Gasteiger partial charge is 0.166 e. The molecule has 0 saturated heterocycles. The quantitative estimate of drug-likeness (QED) is 0.751. The fraction of sp³-hybridized carbons (Fsp3) is 0.222. The number of ether oxygens (including phenoxy) is 1. The number of carbonyl (C=O) groups is 1. The second kappa shape index (κ2) is 3.87. The minimum atomic E-state index is -0.540. The number of benzene rings is 1. The van der Waals surface area contributed by atoms with Crippen LogP contribution < -0.4 is 4.74 Å². The molecule has 0 N–H and O–H groups in total. The first-order valence-corrected chi connectivity index (χ1v) is 4.39. The molecule has 0 spiro atoms. The van der Waals surface area contributed by atoms with Crippen LogP contribution in [0.25, 0.3) is 0 Å². The Balaban J connectivity index is 3.38. The van der Waals surface area contributed by atoms with Gasteiger partial charge in [-0.05, 0) is 19.1 Å². The number of halogens is 2. The third-order valence-corrected chi connectivity index (χ3v) is 2.05. The van der Waals surface area contributed by atoms with Gasteiger partial charge in [-0.2, -0.15) is 0 Å². The minimum absolute atomic E-state index is 0.00398. The molecule has 0 aliphatic rings. The molecular formula is C9H8BrFO2. The average Bonchev–Trinajstić information content (AvgIpc) is 2.02. The van der Waals surface area contributed by atoms with Gasteiger partial charge in [0, 0.05) is 4.47 Å². The fourth-order valence-electron chi connectivity index (χ4n) is 1.03. The fourth-order valence-corrected chi connectivity index (χ4v) is 1.46. The van der Waals surface area contributed by atoms with E-state index < -0.39 is 5.82 Å². The molecule has 0 aromatic heterocycles. The summed E-state index contributed by atoms with van der Waals surface area (Å²) in [6.07, 6.45) is 0. The molecular weight excluding hydrogens is 239 g/mol. The van der Waals surface area contributed by atoms with Crippen LogP contribution in [0.2, 0.25) is 0 Å². The topological polar surface area (TPSA) is 26.3 Å². The molecule has 70 valence electrons. The standard InChI is InChI=1S/C9H8BrFO2/c1-5(12)7-3-6(10)4-8(11)9(7)13-2/h3-4H,1-2H3. The van der Waals surface area contributed by atoms with Gasteiger partial charge in [0.2, 0.25) is 0 Å². The molecule has 0 aliphatic heterocycles. The van der Waals surface area contributed by atoms with Crippen molar-refractivity contribution in [3.8, 4) is 5.75 Å². The predicted octanol–water partition coefficient (Wildman–Crippen LogP) is 2.80. The Morgan fingerprint density at radius 3 is 2.62 bits per heavy atom. The lowest BCUT2D eigenvalue weighted by Crippen LogP contribution is -2.00. The Labute approximate surface area is 83.8 Å². The Morgan fingerprint density at radius 1 is 1.54 bits per heavy atom. The van der Waals surface area contributed by atoms with Gasteiger partial charge >= 0.3 is 0 Å². The Hall–Kier alpha value is -0.900. The van der Waals surface area contributed by atoms with Gasteiger partial charge in [0.15, 0.2) is 17.3 Å². The van der Waals surface area contributed by atoms with E-state index in [1.807, 2.05) is 0 Å². The monoisotopic (exact) mass is 246 g/mol. The highest BCUT2D eigenvalue weighted by Gasteiger charge is 2.13. The molecule has 13 heavy (non-hydrogen) atoms. The number of methoxy groups -OCH3 is 1. The van der Waals surface area contributed by atoms with Gasteiger partial charge in [0.05, 0.1) is 12.7 Å². The van der Waals surface area contributed by atoms with Crippen molar-refractivity contribution in [3.63, 3.8) is 0 Å². The van der Waals surface area contributed by atoms with Gasteiger partial charge in [-0.1, -0.05) is 15.9 Å². The van der Waals surface area contributed by atoms with Crippen molar-refractivity contribution < 1.29 is 13.9 Å². The molecule has 1 aromatic carbocycles. The van der Waals surface area contributed by atoms with Crippen molar-refractivity contribution >= 4 is 21.7 Å². The zero-order chi connectivity index (χ0) is 10.0. The summed E-state index contributed by atoms with van der Waals surface area (Å²) in [5.41, 5.74) is 0.245. The molecule has 2 nitrogen and oxygen atoms in total. The summed E-state index contributed by atoms with van der Waals surface area (Å²) in [5, 5.41) is 0. The Morgan fingerprint density at radius 2 is 2.15 bits per heavy atom. The molecule has 0 aliphatic carbocycles. The molecule has 0 fully saturated rings. The molecule has 0 atom stereocenters. The van der Waals surface area contributed by atoms with E-state index in [0.717, 1.165) is 0 Å². The lowest BCUT2D eigenvalue weighted by molar-refractivity contribution is 0.101. The van der Waals surface area contributed by atoms with Crippen molar-refractivity contribution in [2.24, 2.45) is 0 Å². The zero-order valence-corrected chi connectivity index (χ0v) is 8.81. The van der Waals surface area contributed by atoms with Crippen LogP contribution in [0.15, 0.2) is 16.6 Å². The van der Waals surface area contributed by atoms with E-state index in [0.29, 0.717) is 4.47 Å². The van der Waals surface area contributed by atoms with Crippen molar-refractivity contribution in [1.29, 1.82) is 0 Å². The van der Waals surface area contributed by atoms with Crippen molar-refractivity contribution in [2.75, 3.05) is 7.11 Å². The number of rotatable bonds is 2. The Kier molecular flexibility index (Phi) is 3.03. The van der Waals surface area contributed by atoms with E-state index >= 15 is 0 Å². The van der Waals surface area contributed by atoms with Crippen LogP contribution in [0.5, 0.6) is 5.75 Å². The SMILES string of the molecule is COc1c(F)cc(Br)cc1C(C)=O. The van der Waals surface area contributed by atoms with Gasteiger partial charge in [-0.25, -0.2) is 4.39 Å². The number of ketones is 1. The van der Waals surface area contributed by atoms with E-state index in [9.17, 15) is 9.18 Å². The van der Waals surface area contributed by atoms with E-state index in [2.05, 4.69) is 15.9 Å². The first-order valence-electron chi connectivity index (χ1n) is 3.60. The summed E-state index contributed by atoms with van der Waals surface area (Å²) < 4.78 is 18.5. The second-order valence-electron chi connectivity index (χ2n) is 2.52. The summed E-state index contributed by atoms with van der Waals surface area (Å²) in [6, 6.07) is 2.79. The van der Waals surface area contributed by atoms with E-state index in [1.165, 1.54) is 26.2 Å². The Bertz CT molecular complexity index is 350. The molecule has 0 saturated carbocycles. The van der Waals surface area contributed by atoms with Crippen LogP contribution in [0, 0.1) is 5.82 Å². The maximum absolute atomic E-state index is 13.2. The summed E-state index contributed by atoms with van der Waals surface area (Å²) >= 11 is 3.10. The van der Waals surface area contributed by atoms with Crippen LogP contribution >= 0.6 is 15.9 Å². The van der Waals surface area contributed by atoms with Crippen LogP contribution in [0.1, 0.15) is 17.3 Å². The van der Waals surface area contributed by atoms with Gasteiger partial charge in [-0.15, -0.1) is 0 Å². The number of carbonyl (C=O) groups excluding carboxylic acids is 1. The number of hydrogen-bond acceptors (Lipinski definition) is 2. The molecule has 0 unspecified atom stereocenters. The van der Waals surface area contributed by atoms with Crippen molar-refractivity contribution in [3.05, 3.63) is 28.0 Å². The van der Waals surface area contributed by atoms with Crippen molar-refractivity contribution in [2.45, 2.75) is 6.92 Å². The molecule has 0 radical (unpaired) electrons.